The topological polar surface area (TPSA) is 87.2 Å². The van der Waals surface area contributed by atoms with Crippen LogP contribution >= 0.6 is 11.6 Å². The molecule has 0 bridgehead atoms. The van der Waals surface area contributed by atoms with Crippen molar-refractivity contribution in [1.82, 2.24) is 9.88 Å². The molecule has 1 saturated carbocycles. The highest BCUT2D eigenvalue weighted by molar-refractivity contribution is 6.34. The Labute approximate surface area is 216 Å². The maximum atomic E-state index is 12.9. The van der Waals surface area contributed by atoms with Crippen molar-refractivity contribution < 1.29 is 19.4 Å². The summed E-state index contributed by atoms with van der Waals surface area (Å²) < 4.78 is 11.1. The predicted molar refractivity (Wildman–Crippen MR) is 140 cm³/mol. The summed E-state index contributed by atoms with van der Waals surface area (Å²) in [5.41, 5.74) is -0.142. The molecule has 36 heavy (non-hydrogen) atoms. The number of amides is 1. The molecule has 1 aromatic heterocycles. The molecule has 3 atom stereocenters. The minimum atomic E-state index is -0.867. The molecule has 194 valence electrons. The van der Waals surface area contributed by atoms with Crippen molar-refractivity contribution in [3.8, 4) is 0 Å². The number of nitrogens with one attached hydrogen (secondary N) is 1. The first kappa shape index (κ1) is 24.4. The van der Waals surface area contributed by atoms with Crippen LogP contribution in [-0.4, -0.2) is 84.6 Å². The van der Waals surface area contributed by atoms with Gasteiger partial charge in [-0.1, -0.05) is 11.6 Å². The number of nitrogens with zero attached hydrogens (tertiary/aromatic N) is 3. The van der Waals surface area contributed by atoms with E-state index in [0.717, 1.165) is 75.1 Å². The minimum Gasteiger partial charge on any atom is -0.386 e. The van der Waals surface area contributed by atoms with Crippen LogP contribution in [0.1, 0.15) is 33.1 Å². The van der Waals surface area contributed by atoms with Gasteiger partial charge in [-0.3, -0.25) is 9.69 Å². The summed E-state index contributed by atoms with van der Waals surface area (Å²) in [4.78, 5) is 22.0. The summed E-state index contributed by atoms with van der Waals surface area (Å²) >= 11 is 6.71. The van der Waals surface area contributed by atoms with Gasteiger partial charge in [0.15, 0.2) is 0 Å². The van der Waals surface area contributed by atoms with Gasteiger partial charge in [0, 0.05) is 56.9 Å². The summed E-state index contributed by atoms with van der Waals surface area (Å²) in [5, 5.41) is 16.6. The molecule has 2 N–H and O–H groups in total. The zero-order valence-electron chi connectivity index (χ0n) is 21.1. The van der Waals surface area contributed by atoms with Crippen LogP contribution < -0.4 is 10.2 Å². The maximum absolute atomic E-state index is 12.9. The number of pyridine rings is 1. The fourth-order valence-corrected chi connectivity index (χ4v) is 6.65. The van der Waals surface area contributed by atoms with Crippen molar-refractivity contribution >= 4 is 39.8 Å². The predicted octanol–water partition coefficient (Wildman–Crippen LogP) is 3.31. The van der Waals surface area contributed by atoms with Crippen molar-refractivity contribution in [2.75, 3.05) is 62.8 Å². The van der Waals surface area contributed by atoms with Crippen LogP contribution in [0.3, 0.4) is 0 Å². The first-order valence-corrected chi connectivity index (χ1v) is 13.4. The fraction of sp³-hybridized carbons (Fsp3) is 0.630. The van der Waals surface area contributed by atoms with Crippen LogP contribution in [0.2, 0.25) is 5.02 Å². The number of benzene rings is 1. The molecular formula is C27H35ClN4O4. The third-order valence-electron chi connectivity index (χ3n) is 9.28. The minimum absolute atomic E-state index is 0.0591. The SMILES string of the molecule is C[C@]1(O)COC[C@@]1(C)N1CCN(c2cc3cc(NC(=O)[C@H]4CC45CCOCC5)ncc3cc2Cl)CC1. The summed E-state index contributed by atoms with van der Waals surface area (Å²) in [5.74, 6) is 0.703. The highest BCUT2D eigenvalue weighted by atomic mass is 35.5. The second kappa shape index (κ2) is 8.81. The van der Waals surface area contributed by atoms with Crippen molar-refractivity contribution in [1.29, 1.82) is 0 Å². The number of hydrogen-bond donors (Lipinski definition) is 2. The van der Waals surface area contributed by atoms with Gasteiger partial charge in [0.2, 0.25) is 5.91 Å². The molecule has 0 radical (unpaired) electrons. The molecule has 6 rings (SSSR count). The van der Waals surface area contributed by atoms with E-state index in [-0.39, 0.29) is 17.2 Å². The van der Waals surface area contributed by atoms with Gasteiger partial charge in [0.1, 0.15) is 11.4 Å². The molecule has 4 heterocycles. The number of fused-ring (bicyclic) bond motifs is 1. The lowest BCUT2D eigenvalue weighted by Gasteiger charge is -2.48. The third kappa shape index (κ3) is 4.07. The highest BCUT2D eigenvalue weighted by Gasteiger charge is 2.58. The lowest BCUT2D eigenvalue weighted by Crippen LogP contribution is -2.65. The van der Waals surface area contributed by atoms with E-state index in [2.05, 4.69) is 33.1 Å². The van der Waals surface area contributed by atoms with E-state index in [1.54, 1.807) is 6.20 Å². The summed E-state index contributed by atoms with van der Waals surface area (Å²) in [6.07, 6.45) is 4.66. The summed E-state index contributed by atoms with van der Waals surface area (Å²) in [7, 11) is 0. The number of halogens is 1. The standard InChI is InChI=1S/C27H35ClN4O4/c1-25(16-36-17-26(25,2)34)32-7-5-31(6-8-32)22-12-18-13-23(29-15-19(18)11-21(22)28)30-24(33)20-14-27(20)3-9-35-10-4-27/h11-13,15,20,34H,3-10,14,16-17H2,1-2H3,(H,29,30,33)/t20-,25-,26+/m1/s1. The Hall–Kier alpha value is -1.97. The van der Waals surface area contributed by atoms with Crippen LogP contribution in [0, 0.1) is 11.3 Å². The smallest absolute Gasteiger partial charge is 0.229 e. The van der Waals surface area contributed by atoms with Gasteiger partial charge in [-0.05, 0) is 62.1 Å². The Morgan fingerprint density at radius 3 is 2.53 bits per heavy atom. The first-order valence-electron chi connectivity index (χ1n) is 13.0. The molecule has 2 aromatic rings. The molecule has 3 saturated heterocycles. The van der Waals surface area contributed by atoms with Gasteiger partial charge in [-0.15, -0.1) is 0 Å². The quantitative estimate of drug-likeness (QED) is 0.647. The summed E-state index contributed by atoms with van der Waals surface area (Å²) in [6, 6.07) is 5.99. The number of rotatable bonds is 4. The highest BCUT2D eigenvalue weighted by Crippen LogP contribution is 2.59. The number of hydrogen-bond acceptors (Lipinski definition) is 7. The molecule has 4 aliphatic rings. The van der Waals surface area contributed by atoms with E-state index in [0.29, 0.717) is 24.1 Å². The lowest BCUT2D eigenvalue weighted by molar-refractivity contribution is -0.118. The number of aromatic nitrogens is 1. The lowest BCUT2D eigenvalue weighted by atomic mass is 9.83. The van der Waals surface area contributed by atoms with Gasteiger partial charge >= 0.3 is 0 Å². The Kier molecular flexibility index (Phi) is 5.96. The number of carbonyl (C=O) groups excluding carboxylic acids is 1. The number of piperazine rings is 1. The zero-order valence-corrected chi connectivity index (χ0v) is 21.8. The van der Waals surface area contributed by atoms with Gasteiger partial charge in [-0.25, -0.2) is 4.98 Å². The van der Waals surface area contributed by atoms with Gasteiger partial charge in [0.05, 0.1) is 29.5 Å². The van der Waals surface area contributed by atoms with Crippen molar-refractivity contribution in [3.05, 3.63) is 29.4 Å². The van der Waals surface area contributed by atoms with Gasteiger partial charge in [-0.2, -0.15) is 0 Å². The van der Waals surface area contributed by atoms with Crippen LogP contribution in [-0.2, 0) is 14.3 Å². The van der Waals surface area contributed by atoms with E-state index >= 15 is 0 Å². The Balaban J connectivity index is 1.16. The van der Waals surface area contributed by atoms with Crippen molar-refractivity contribution in [3.63, 3.8) is 0 Å². The molecular weight excluding hydrogens is 480 g/mol. The van der Waals surface area contributed by atoms with E-state index in [1.165, 1.54) is 0 Å². The molecule has 8 nitrogen and oxygen atoms in total. The molecule has 1 aromatic carbocycles. The molecule has 9 heteroatoms. The molecule has 1 amide bonds. The van der Waals surface area contributed by atoms with Crippen molar-refractivity contribution in [2.24, 2.45) is 11.3 Å². The first-order chi connectivity index (χ1) is 17.2. The zero-order chi connectivity index (χ0) is 25.1. The van der Waals surface area contributed by atoms with Crippen LogP contribution in [0.25, 0.3) is 10.8 Å². The van der Waals surface area contributed by atoms with Gasteiger partial charge < -0.3 is 24.8 Å². The molecule has 1 aliphatic carbocycles. The Morgan fingerprint density at radius 1 is 1.08 bits per heavy atom. The fourth-order valence-electron chi connectivity index (χ4n) is 6.36. The molecule has 4 fully saturated rings. The third-order valence-corrected chi connectivity index (χ3v) is 9.58. The molecule has 0 unspecified atom stereocenters. The monoisotopic (exact) mass is 514 g/mol. The number of anilines is 2. The number of ether oxygens (including phenoxy) is 2. The van der Waals surface area contributed by atoms with Gasteiger partial charge in [0.25, 0.3) is 0 Å². The van der Waals surface area contributed by atoms with Crippen LogP contribution in [0.4, 0.5) is 11.5 Å². The van der Waals surface area contributed by atoms with E-state index in [4.69, 9.17) is 21.1 Å². The largest absolute Gasteiger partial charge is 0.386 e. The average molecular weight is 515 g/mol. The number of carbonyl (C=O) groups is 1. The molecule has 3 aliphatic heterocycles. The summed E-state index contributed by atoms with van der Waals surface area (Å²) in [6.45, 7) is 9.60. The number of aliphatic hydroxyl groups is 1. The van der Waals surface area contributed by atoms with E-state index in [9.17, 15) is 9.90 Å². The van der Waals surface area contributed by atoms with Crippen LogP contribution in [0.5, 0.6) is 0 Å². The Morgan fingerprint density at radius 2 is 1.83 bits per heavy atom. The maximum Gasteiger partial charge on any atom is 0.229 e. The van der Waals surface area contributed by atoms with E-state index < -0.39 is 11.1 Å². The second-order valence-electron chi connectivity index (χ2n) is 11.5. The van der Waals surface area contributed by atoms with Crippen molar-refractivity contribution in [2.45, 2.75) is 44.2 Å². The van der Waals surface area contributed by atoms with E-state index in [1.807, 2.05) is 19.1 Å². The van der Waals surface area contributed by atoms with Crippen LogP contribution in [0.15, 0.2) is 24.4 Å². The average Bonchev–Trinajstić information content (AvgIpc) is 3.48. The molecule has 1 spiro atoms. The Bertz CT molecular complexity index is 1180. The normalized spacial score (nSPS) is 32.2. The second-order valence-corrected chi connectivity index (χ2v) is 11.9.